The first-order valence-corrected chi connectivity index (χ1v) is 3.59. The summed E-state index contributed by atoms with van der Waals surface area (Å²) in [4.78, 5) is 19.3. The predicted octanol–water partition coefficient (Wildman–Crippen LogP) is 0.995. The summed E-state index contributed by atoms with van der Waals surface area (Å²) in [5, 5.41) is 29.4. The predicted molar refractivity (Wildman–Crippen MR) is 45.7 cm³/mol. The molecule has 14 heavy (non-hydrogen) atoms. The molecule has 1 aromatic rings. The van der Waals surface area contributed by atoms with Crippen molar-refractivity contribution in [3.05, 3.63) is 44.0 Å². The normalized spacial score (nSPS) is 9.79. The van der Waals surface area contributed by atoms with Gasteiger partial charge in [-0.1, -0.05) is 0 Å². The largest absolute Gasteiger partial charge is 0.391 e. The van der Waals surface area contributed by atoms with E-state index in [-0.39, 0.29) is 16.9 Å². The molecule has 0 aliphatic rings. The summed E-state index contributed by atoms with van der Waals surface area (Å²) in [6, 6.07) is 3.01. The summed E-state index contributed by atoms with van der Waals surface area (Å²) in [6.45, 7) is -0.599. The first-order valence-electron chi connectivity index (χ1n) is 3.59. The highest BCUT2D eigenvalue weighted by Gasteiger charge is 2.17. The molecule has 0 atom stereocenters. The minimum absolute atomic E-state index is 0.0656. The number of hydrogen-bond acceptors (Lipinski definition) is 5. The topological polar surface area (TPSA) is 107 Å². The Morgan fingerprint density at radius 1 is 1.21 bits per heavy atom. The van der Waals surface area contributed by atoms with Gasteiger partial charge >= 0.3 is 0 Å². The quantitative estimate of drug-likeness (QED) is 0.575. The van der Waals surface area contributed by atoms with Gasteiger partial charge in [-0.3, -0.25) is 20.2 Å². The molecule has 0 unspecified atom stereocenters. The number of nitrogens with zero attached hydrogens (tertiary/aromatic N) is 2. The Morgan fingerprint density at radius 2 is 1.86 bits per heavy atom. The third kappa shape index (κ3) is 1.83. The number of non-ortho nitro benzene ring substituents is 1. The highest BCUT2D eigenvalue weighted by atomic mass is 16.6. The van der Waals surface area contributed by atoms with E-state index in [4.69, 9.17) is 5.11 Å². The van der Waals surface area contributed by atoms with Crippen LogP contribution in [0.4, 0.5) is 11.4 Å². The summed E-state index contributed by atoms with van der Waals surface area (Å²) in [7, 11) is 0. The van der Waals surface area contributed by atoms with Crippen LogP contribution in [0.5, 0.6) is 0 Å². The lowest BCUT2D eigenvalue weighted by molar-refractivity contribution is -0.389. The van der Waals surface area contributed by atoms with Gasteiger partial charge in [0, 0.05) is 18.2 Å². The maximum Gasteiger partial charge on any atom is 0.275 e. The first-order chi connectivity index (χ1) is 6.56. The zero-order valence-electron chi connectivity index (χ0n) is 6.91. The minimum atomic E-state index is -0.699. The number of hydrogen-bond donors (Lipinski definition) is 1. The fourth-order valence-corrected chi connectivity index (χ4v) is 0.990. The number of nitro benzene ring substituents is 2. The molecule has 0 bridgehead atoms. The Balaban J connectivity index is 3.25. The van der Waals surface area contributed by atoms with Crippen molar-refractivity contribution < 1.29 is 15.0 Å². The van der Waals surface area contributed by atoms with Crippen LogP contribution in [0.3, 0.4) is 0 Å². The lowest BCUT2D eigenvalue weighted by Gasteiger charge is -1.98. The highest BCUT2D eigenvalue weighted by Crippen LogP contribution is 2.23. The highest BCUT2D eigenvalue weighted by molar-refractivity contribution is 5.47. The van der Waals surface area contributed by atoms with E-state index in [1.165, 1.54) is 0 Å². The van der Waals surface area contributed by atoms with Crippen molar-refractivity contribution in [3.8, 4) is 0 Å². The van der Waals surface area contributed by atoms with Crippen LogP contribution in [0.1, 0.15) is 5.56 Å². The molecule has 7 nitrogen and oxygen atoms in total. The summed E-state index contributed by atoms with van der Waals surface area (Å²) in [6.07, 6.45) is 0. The number of nitro groups is 2. The molecule has 0 aromatic heterocycles. The number of aliphatic hydroxyl groups is 1. The molecule has 0 heterocycles. The van der Waals surface area contributed by atoms with Gasteiger partial charge in [0.1, 0.15) is 0 Å². The van der Waals surface area contributed by atoms with Gasteiger partial charge in [0.2, 0.25) is 0 Å². The second kappa shape index (κ2) is 3.79. The minimum Gasteiger partial charge on any atom is -0.391 e. The van der Waals surface area contributed by atoms with Gasteiger partial charge < -0.3 is 5.11 Å². The second-order valence-corrected chi connectivity index (χ2v) is 2.49. The molecule has 0 amide bonds. The molecule has 0 spiro atoms. The SMILES string of the molecule is O=[N+]([O-])c1ccc([N+](=O)[O-])c(CO)c1. The Morgan fingerprint density at radius 3 is 2.29 bits per heavy atom. The molecule has 0 saturated heterocycles. The van der Waals surface area contributed by atoms with Gasteiger partial charge in [-0.05, 0) is 0 Å². The van der Waals surface area contributed by atoms with E-state index in [9.17, 15) is 20.2 Å². The summed E-state index contributed by atoms with van der Waals surface area (Å²) < 4.78 is 0. The molecular weight excluding hydrogens is 192 g/mol. The van der Waals surface area contributed by atoms with Crippen molar-refractivity contribution >= 4 is 11.4 Å². The van der Waals surface area contributed by atoms with E-state index in [1.807, 2.05) is 0 Å². The zero-order chi connectivity index (χ0) is 10.7. The van der Waals surface area contributed by atoms with Gasteiger partial charge in [0.05, 0.1) is 22.0 Å². The number of aliphatic hydroxyl groups excluding tert-OH is 1. The van der Waals surface area contributed by atoms with Gasteiger partial charge in [0.15, 0.2) is 0 Å². The fraction of sp³-hybridized carbons (Fsp3) is 0.143. The van der Waals surface area contributed by atoms with Crippen molar-refractivity contribution in [3.63, 3.8) is 0 Å². The summed E-state index contributed by atoms with van der Waals surface area (Å²) >= 11 is 0. The molecule has 0 saturated carbocycles. The zero-order valence-corrected chi connectivity index (χ0v) is 6.91. The van der Waals surface area contributed by atoms with E-state index in [0.29, 0.717) is 0 Å². The maximum absolute atomic E-state index is 10.4. The van der Waals surface area contributed by atoms with Crippen molar-refractivity contribution in [1.82, 2.24) is 0 Å². The molecule has 1 rings (SSSR count). The van der Waals surface area contributed by atoms with E-state index in [0.717, 1.165) is 18.2 Å². The molecule has 0 fully saturated rings. The maximum atomic E-state index is 10.4. The van der Waals surface area contributed by atoms with Crippen LogP contribution < -0.4 is 0 Å². The van der Waals surface area contributed by atoms with E-state index >= 15 is 0 Å². The summed E-state index contributed by atoms with van der Waals surface area (Å²) in [5.41, 5.74) is -0.665. The monoisotopic (exact) mass is 198 g/mol. The van der Waals surface area contributed by atoms with Crippen molar-refractivity contribution in [2.24, 2.45) is 0 Å². The van der Waals surface area contributed by atoms with Gasteiger partial charge in [0.25, 0.3) is 11.4 Å². The molecule has 1 aromatic carbocycles. The average molecular weight is 198 g/mol. The van der Waals surface area contributed by atoms with Gasteiger partial charge in [-0.2, -0.15) is 0 Å². The van der Waals surface area contributed by atoms with Crippen LogP contribution in [0, 0.1) is 20.2 Å². The molecule has 7 heteroatoms. The number of rotatable bonds is 3. The van der Waals surface area contributed by atoms with Crippen LogP contribution in [0.2, 0.25) is 0 Å². The van der Waals surface area contributed by atoms with Crippen molar-refractivity contribution in [2.75, 3.05) is 0 Å². The molecule has 74 valence electrons. The standard InChI is InChI=1S/C7H6N2O5/c10-4-5-3-6(8(11)12)1-2-7(5)9(13)14/h1-3,10H,4H2. The van der Waals surface area contributed by atoms with Crippen LogP contribution in [-0.2, 0) is 6.61 Å². The van der Waals surface area contributed by atoms with Crippen molar-refractivity contribution in [2.45, 2.75) is 6.61 Å². The van der Waals surface area contributed by atoms with E-state index in [1.54, 1.807) is 0 Å². The molecule has 0 radical (unpaired) electrons. The van der Waals surface area contributed by atoms with Crippen LogP contribution in [0.15, 0.2) is 18.2 Å². The lowest BCUT2D eigenvalue weighted by Crippen LogP contribution is -1.97. The Labute approximate surface area is 77.9 Å². The smallest absolute Gasteiger partial charge is 0.275 e. The van der Waals surface area contributed by atoms with Crippen LogP contribution >= 0.6 is 0 Å². The van der Waals surface area contributed by atoms with Crippen molar-refractivity contribution in [1.29, 1.82) is 0 Å². The average Bonchev–Trinajstić information content (AvgIpc) is 2.16. The Bertz CT molecular complexity index is 390. The molecular formula is C7H6N2O5. The molecule has 0 aliphatic carbocycles. The first kappa shape index (κ1) is 10.1. The number of benzene rings is 1. The van der Waals surface area contributed by atoms with Gasteiger partial charge in [-0.15, -0.1) is 0 Å². The Kier molecular flexibility index (Phi) is 2.73. The van der Waals surface area contributed by atoms with Crippen LogP contribution in [-0.4, -0.2) is 15.0 Å². The third-order valence-corrected chi connectivity index (χ3v) is 1.64. The second-order valence-electron chi connectivity index (χ2n) is 2.49. The molecule has 1 N–H and O–H groups in total. The summed E-state index contributed by atoms with van der Waals surface area (Å²) in [5.74, 6) is 0. The molecule has 0 aliphatic heterocycles. The van der Waals surface area contributed by atoms with E-state index in [2.05, 4.69) is 0 Å². The lowest BCUT2D eigenvalue weighted by atomic mass is 10.1. The fourth-order valence-electron chi connectivity index (χ4n) is 0.990. The Hall–Kier alpha value is -2.02. The van der Waals surface area contributed by atoms with Crippen LogP contribution in [0.25, 0.3) is 0 Å². The third-order valence-electron chi connectivity index (χ3n) is 1.64. The van der Waals surface area contributed by atoms with E-state index < -0.39 is 16.5 Å². The van der Waals surface area contributed by atoms with Gasteiger partial charge in [-0.25, -0.2) is 0 Å².